The lowest BCUT2D eigenvalue weighted by atomic mass is 9.99. The van der Waals surface area contributed by atoms with Gasteiger partial charge in [-0.25, -0.2) is 4.98 Å². The number of aromatic nitrogens is 1. The summed E-state index contributed by atoms with van der Waals surface area (Å²) in [5, 5.41) is 7.03. The number of nitrogens with zero attached hydrogens (tertiary/aromatic N) is 1. The third-order valence-electron chi connectivity index (χ3n) is 4.05. The molecule has 1 aliphatic rings. The fourth-order valence-electron chi connectivity index (χ4n) is 2.50. The van der Waals surface area contributed by atoms with Crippen LogP contribution in [0.5, 0.6) is 0 Å². The van der Waals surface area contributed by atoms with Crippen molar-refractivity contribution in [3.05, 3.63) is 16.1 Å². The van der Waals surface area contributed by atoms with Crippen LogP contribution in [0.2, 0.25) is 0 Å². The lowest BCUT2D eigenvalue weighted by Gasteiger charge is -2.29. The fourth-order valence-corrected chi connectivity index (χ4v) is 3.51. The molecular weight excluding hydrogens is 256 g/mol. The van der Waals surface area contributed by atoms with E-state index in [9.17, 15) is 0 Å². The van der Waals surface area contributed by atoms with Gasteiger partial charge in [-0.1, -0.05) is 6.92 Å². The molecule has 1 saturated heterocycles. The first-order chi connectivity index (χ1) is 9.14. The molecule has 0 radical (unpaired) electrons. The first-order valence-corrected chi connectivity index (χ1v) is 8.31. The minimum Gasteiger partial charge on any atom is -0.378 e. The molecule has 0 bridgehead atoms. The van der Waals surface area contributed by atoms with E-state index in [1.807, 2.05) is 0 Å². The molecule has 0 unspecified atom stereocenters. The van der Waals surface area contributed by atoms with E-state index in [0.717, 1.165) is 31.7 Å². The summed E-state index contributed by atoms with van der Waals surface area (Å²) in [7, 11) is 0. The average molecular weight is 282 g/mol. The second-order valence-corrected chi connectivity index (χ2v) is 6.54. The number of ether oxygens (including phenoxy) is 1. The molecule has 0 aliphatic carbocycles. The minimum absolute atomic E-state index is 0.00753. The van der Waals surface area contributed by atoms with Crippen molar-refractivity contribution >= 4 is 11.3 Å². The van der Waals surface area contributed by atoms with E-state index in [-0.39, 0.29) is 5.54 Å². The number of thiazole rings is 1. The van der Waals surface area contributed by atoms with Crippen molar-refractivity contribution in [2.24, 2.45) is 0 Å². The SMILES string of the molecule is CC[C@](C)(NCC[C@H]1CCCCO1)c1nc(C)cs1. The van der Waals surface area contributed by atoms with Gasteiger partial charge in [0.2, 0.25) is 0 Å². The maximum Gasteiger partial charge on any atom is 0.113 e. The van der Waals surface area contributed by atoms with Gasteiger partial charge in [-0.15, -0.1) is 11.3 Å². The quantitative estimate of drug-likeness (QED) is 0.865. The maximum atomic E-state index is 5.78. The van der Waals surface area contributed by atoms with Gasteiger partial charge in [-0.05, 0) is 52.5 Å². The zero-order chi connectivity index (χ0) is 13.7. The smallest absolute Gasteiger partial charge is 0.113 e. The molecule has 1 aromatic heterocycles. The van der Waals surface area contributed by atoms with Crippen molar-refractivity contribution in [2.45, 2.75) is 64.5 Å². The van der Waals surface area contributed by atoms with Crippen LogP contribution in [0, 0.1) is 6.92 Å². The van der Waals surface area contributed by atoms with Gasteiger partial charge in [0, 0.05) is 17.7 Å². The molecule has 2 rings (SSSR count). The van der Waals surface area contributed by atoms with Gasteiger partial charge in [0.15, 0.2) is 0 Å². The van der Waals surface area contributed by atoms with Gasteiger partial charge in [-0.2, -0.15) is 0 Å². The predicted octanol–water partition coefficient (Wildman–Crippen LogP) is 3.63. The molecule has 4 heteroatoms. The minimum atomic E-state index is 0.00753. The summed E-state index contributed by atoms with van der Waals surface area (Å²) < 4.78 is 5.78. The summed E-state index contributed by atoms with van der Waals surface area (Å²) in [6.45, 7) is 8.49. The molecule has 1 aromatic rings. The van der Waals surface area contributed by atoms with E-state index in [2.05, 4.69) is 36.5 Å². The summed E-state index contributed by atoms with van der Waals surface area (Å²) >= 11 is 1.76. The van der Waals surface area contributed by atoms with Crippen molar-refractivity contribution in [3.63, 3.8) is 0 Å². The molecule has 0 aromatic carbocycles. The Hall–Kier alpha value is -0.450. The normalized spacial score (nSPS) is 23.2. The second-order valence-electron chi connectivity index (χ2n) is 5.68. The van der Waals surface area contributed by atoms with E-state index >= 15 is 0 Å². The highest BCUT2D eigenvalue weighted by Crippen LogP contribution is 2.27. The molecule has 0 amide bonds. The average Bonchev–Trinajstić information content (AvgIpc) is 2.87. The van der Waals surface area contributed by atoms with Gasteiger partial charge in [-0.3, -0.25) is 0 Å². The Bertz CT molecular complexity index is 387. The summed E-state index contributed by atoms with van der Waals surface area (Å²) in [6.07, 6.45) is 6.41. The number of hydrogen-bond acceptors (Lipinski definition) is 4. The largest absolute Gasteiger partial charge is 0.378 e. The standard InChI is InChI=1S/C15H26N2OS/c1-4-15(3,14-17-12(2)11-19-14)16-9-8-13-7-5-6-10-18-13/h11,13,16H,4-10H2,1-3H3/t13-,15+/m1/s1. The topological polar surface area (TPSA) is 34.1 Å². The summed E-state index contributed by atoms with van der Waals surface area (Å²) in [5.41, 5.74) is 1.13. The van der Waals surface area contributed by atoms with Crippen LogP contribution < -0.4 is 5.32 Å². The van der Waals surface area contributed by atoms with Crippen LogP contribution >= 0.6 is 11.3 Å². The first kappa shape index (κ1) is 14.9. The number of rotatable bonds is 6. The summed E-state index contributed by atoms with van der Waals surface area (Å²) in [4.78, 5) is 4.64. The van der Waals surface area contributed by atoms with E-state index in [1.54, 1.807) is 11.3 Å². The van der Waals surface area contributed by atoms with Crippen LogP contribution in [0.15, 0.2) is 5.38 Å². The number of aryl methyl sites for hydroxylation is 1. The first-order valence-electron chi connectivity index (χ1n) is 7.43. The van der Waals surface area contributed by atoms with Crippen LogP contribution in [0.4, 0.5) is 0 Å². The molecule has 1 fully saturated rings. The van der Waals surface area contributed by atoms with Crippen LogP contribution in [0.25, 0.3) is 0 Å². The van der Waals surface area contributed by atoms with Crippen molar-refractivity contribution in [2.75, 3.05) is 13.2 Å². The summed E-state index contributed by atoms with van der Waals surface area (Å²) in [6, 6.07) is 0. The molecule has 3 nitrogen and oxygen atoms in total. The van der Waals surface area contributed by atoms with Crippen molar-refractivity contribution in [1.29, 1.82) is 0 Å². The van der Waals surface area contributed by atoms with Gasteiger partial charge in [0.05, 0.1) is 11.6 Å². The molecule has 19 heavy (non-hydrogen) atoms. The van der Waals surface area contributed by atoms with Crippen molar-refractivity contribution in [1.82, 2.24) is 10.3 Å². The van der Waals surface area contributed by atoms with Crippen molar-refractivity contribution in [3.8, 4) is 0 Å². The Balaban J connectivity index is 1.84. The Morgan fingerprint density at radius 2 is 2.37 bits per heavy atom. The highest BCUT2D eigenvalue weighted by molar-refractivity contribution is 7.09. The molecule has 2 heterocycles. The zero-order valence-electron chi connectivity index (χ0n) is 12.4. The molecule has 1 aliphatic heterocycles. The van der Waals surface area contributed by atoms with E-state index in [4.69, 9.17) is 4.74 Å². The molecule has 0 saturated carbocycles. The molecule has 108 valence electrons. The van der Waals surface area contributed by atoms with Crippen LogP contribution in [0.1, 0.15) is 56.7 Å². The highest BCUT2D eigenvalue weighted by Gasteiger charge is 2.27. The second kappa shape index (κ2) is 6.82. The third-order valence-corrected chi connectivity index (χ3v) is 5.28. The van der Waals surface area contributed by atoms with Gasteiger partial charge >= 0.3 is 0 Å². The summed E-state index contributed by atoms with van der Waals surface area (Å²) in [5.74, 6) is 0. The van der Waals surface area contributed by atoms with E-state index in [1.165, 1.54) is 24.3 Å². The molecule has 1 N–H and O–H groups in total. The van der Waals surface area contributed by atoms with Crippen LogP contribution in [0.3, 0.4) is 0 Å². The Kier molecular flexibility index (Phi) is 5.37. The van der Waals surface area contributed by atoms with Gasteiger partial charge in [0.25, 0.3) is 0 Å². The Morgan fingerprint density at radius 1 is 1.53 bits per heavy atom. The maximum absolute atomic E-state index is 5.78. The molecular formula is C15H26N2OS. The number of nitrogens with one attached hydrogen (secondary N) is 1. The van der Waals surface area contributed by atoms with Crippen LogP contribution in [-0.4, -0.2) is 24.2 Å². The zero-order valence-corrected chi connectivity index (χ0v) is 13.2. The Morgan fingerprint density at radius 3 is 2.95 bits per heavy atom. The molecule has 0 spiro atoms. The van der Waals surface area contributed by atoms with Gasteiger partial charge in [0.1, 0.15) is 5.01 Å². The lowest BCUT2D eigenvalue weighted by Crippen LogP contribution is -2.40. The van der Waals surface area contributed by atoms with Gasteiger partial charge < -0.3 is 10.1 Å². The molecule has 2 atom stereocenters. The lowest BCUT2D eigenvalue weighted by molar-refractivity contribution is 0.0104. The Labute approximate surface area is 120 Å². The van der Waals surface area contributed by atoms with E-state index in [0.29, 0.717) is 6.10 Å². The van der Waals surface area contributed by atoms with Crippen LogP contribution in [-0.2, 0) is 10.3 Å². The van der Waals surface area contributed by atoms with Crippen molar-refractivity contribution < 1.29 is 4.74 Å². The fraction of sp³-hybridized carbons (Fsp3) is 0.800. The monoisotopic (exact) mass is 282 g/mol. The predicted molar refractivity (Wildman–Crippen MR) is 80.7 cm³/mol. The third kappa shape index (κ3) is 4.01. The number of hydrogen-bond donors (Lipinski definition) is 1. The highest BCUT2D eigenvalue weighted by atomic mass is 32.1. The van der Waals surface area contributed by atoms with E-state index < -0.39 is 0 Å².